The van der Waals surface area contributed by atoms with E-state index < -0.39 is 10.0 Å². The number of sulfonamides is 1. The van der Waals surface area contributed by atoms with E-state index >= 15 is 0 Å². The summed E-state index contributed by atoms with van der Waals surface area (Å²) in [6.07, 6.45) is 3.52. The van der Waals surface area contributed by atoms with Crippen molar-refractivity contribution >= 4 is 33.5 Å². The zero-order valence-electron chi connectivity index (χ0n) is 12.7. The molecule has 0 aliphatic carbocycles. The number of halogens is 1. The Morgan fingerprint density at radius 1 is 1.22 bits per heavy atom. The van der Waals surface area contributed by atoms with Gasteiger partial charge in [-0.1, -0.05) is 0 Å². The molecule has 0 bridgehead atoms. The number of amides is 1. The van der Waals surface area contributed by atoms with Crippen molar-refractivity contribution in [2.24, 2.45) is 0 Å². The average molecular weight is 362 g/mol. The minimum absolute atomic E-state index is 0.0973. The smallest absolute Gasteiger partial charge is 0.225 e. The SMILES string of the molecule is O=C(CCCl)NCCS(=O)(=O)N1CCN(c2ncccn2)CC1. The lowest BCUT2D eigenvalue weighted by molar-refractivity contribution is -0.120. The van der Waals surface area contributed by atoms with Gasteiger partial charge < -0.3 is 10.2 Å². The molecule has 1 aliphatic rings. The van der Waals surface area contributed by atoms with E-state index in [9.17, 15) is 13.2 Å². The van der Waals surface area contributed by atoms with Crippen LogP contribution in [0.5, 0.6) is 0 Å². The van der Waals surface area contributed by atoms with Crippen molar-refractivity contribution < 1.29 is 13.2 Å². The predicted molar refractivity (Wildman–Crippen MR) is 88.0 cm³/mol. The maximum Gasteiger partial charge on any atom is 0.225 e. The molecular formula is C13H20ClN5O3S. The minimum Gasteiger partial charge on any atom is -0.355 e. The highest BCUT2D eigenvalue weighted by atomic mass is 35.5. The lowest BCUT2D eigenvalue weighted by atomic mass is 10.4. The van der Waals surface area contributed by atoms with E-state index in [1.54, 1.807) is 18.5 Å². The van der Waals surface area contributed by atoms with E-state index in [-0.39, 0.29) is 30.5 Å². The number of rotatable bonds is 7. The summed E-state index contributed by atoms with van der Waals surface area (Å²) in [4.78, 5) is 21.6. The van der Waals surface area contributed by atoms with Crippen molar-refractivity contribution in [2.75, 3.05) is 49.3 Å². The third kappa shape index (κ3) is 5.29. The highest BCUT2D eigenvalue weighted by Crippen LogP contribution is 2.12. The number of carbonyl (C=O) groups is 1. The van der Waals surface area contributed by atoms with Crippen LogP contribution in [-0.4, -0.2) is 73.0 Å². The summed E-state index contributed by atoms with van der Waals surface area (Å²) in [6.45, 7) is 1.95. The molecule has 1 aliphatic heterocycles. The van der Waals surface area contributed by atoms with Crippen LogP contribution in [0, 0.1) is 0 Å². The van der Waals surface area contributed by atoms with Crippen LogP contribution < -0.4 is 10.2 Å². The first-order chi connectivity index (χ1) is 11.0. The van der Waals surface area contributed by atoms with Gasteiger partial charge >= 0.3 is 0 Å². The van der Waals surface area contributed by atoms with Crippen LogP contribution in [0.25, 0.3) is 0 Å². The predicted octanol–water partition coefficient (Wildman–Crippen LogP) is -0.326. The first-order valence-electron chi connectivity index (χ1n) is 7.35. The van der Waals surface area contributed by atoms with Gasteiger partial charge in [0, 0.05) is 57.4 Å². The first kappa shape index (κ1) is 17.9. The molecule has 1 fully saturated rings. The monoisotopic (exact) mass is 361 g/mol. The number of hydrogen-bond acceptors (Lipinski definition) is 6. The molecule has 10 heteroatoms. The van der Waals surface area contributed by atoms with Crippen molar-refractivity contribution in [1.82, 2.24) is 19.6 Å². The van der Waals surface area contributed by atoms with E-state index in [0.717, 1.165) is 0 Å². The Hall–Kier alpha value is -1.45. The molecular weight excluding hydrogens is 342 g/mol. The van der Waals surface area contributed by atoms with Crippen LogP contribution in [-0.2, 0) is 14.8 Å². The molecule has 23 heavy (non-hydrogen) atoms. The Balaban J connectivity index is 1.80. The maximum absolute atomic E-state index is 12.3. The summed E-state index contributed by atoms with van der Waals surface area (Å²) in [7, 11) is -3.38. The molecule has 0 radical (unpaired) electrons. The third-order valence-electron chi connectivity index (χ3n) is 3.47. The lowest BCUT2D eigenvalue weighted by Gasteiger charge is -2.33. The van der Waals surface area contributed by atoms with Crippen LogP contribution in [0.4, 0.5) is 5.95 Å². The fraction of sp³-hybridized carbons (Fsp3) is 0.615. The van der Waals surface area contributed by atoms with Crippen molar-refractivity contribution in [3.05, 3.63) is 18.5 Å². The molecule has 0 saturated carbocycles. The summed E-state index contributed by atoms with van der Waals surface area (Å²) < 4.78 is 26.0. The third-order valence-corrected chi connectivity index (χ3v) is 5.53. The second-order valence-corrected chi connectivity index (χ2v) is 7.51. The van der Waals surface area contributed by atoms with Gasteiger partial charge in [-0.25, -0.2) is 18.4 Å². The molecule has 2 heterocycles. The van der Waals surface area contributed by atoms with Gasteiger partial charge in [-0.15, -0.1) is 11.6 Å². The molecule has 0 spiro atoms. The number of alkyl halides is 1. The molecule has 8 nitrogen and oxygen atoms in total. The fourth-order valence-corrected chi connectivity index (χ4v) is 3.75. The molecule has 128 valence electrons. The Bertz CT molecular complexity index is 605. The van der Waals surface area contributed by atoms with Crippen molar-refractivity contribution in [3.8, 4) is 0 Å². The molecule has 0 aromatic carbocycles. The van der Waals surface area contributed by atoms with E-state index in [1.807, 2.05) is 4.90 Å². The van der Waals surface area contributed by atoms with Crippen molar-refractivity contribution in [3.63, 3.8) is 0 Å². The summed E-state index contributed by atoms with van der Waals surface area (Å²) in [6, 6.07) is 1.74. The van der Waals surface area contributed by atoms with E-state index in [4.69, 9.17) is 11.6 Å². The number of carbonyl (C=O) groups excluding carboxylic acids is 1. The van der Waals surface area contributed by atoms with Crippen LogP contribution in [0.1, 0.15) is 6.42 Å². The fourth-order valence-electron chi connectivity index (χ4n) is 2.24. The number of anilines is 1. The van der Waals surface area contributed by atoms with Crippen molar-refractivity contribution in [2.45, 2.75) is 6.42 Å². The Kier molecular flexibility index (Phi) is 6.55. The van der Waals surface area contributed by atoms with Gasteiger partial charge in [-0.3, -0.25) is 4.79 Å². The molecule has 1 aromatic rings. The lowest BCUT2D eigenvalue weighted by Crippen LogP contribution is -2.50. The molecule has 1 amide bonds. The number of nitrogens with zero attached hydrogens (tertiary/aromatic N) is 4. The number of hydrogen-bond donors (Lipinski definition) is 1. The van der Waals surface area contributed by atoms with E-state index in [1.165, 1.54) is 4.31 Å². The normalized spacial score (nSPS) is 16.3. The van der Waals surface area contributed by atoms with Gasteiger partial charge in [0.25, 0.3) is 0 Å². The summed E-state index contributed by atoms with van der Waals surface area (Å²) in [5.74, 6) is 0.490. The summed E-state index contributed by atoms with van der Waals surface area (Å²) in [5, 5.41) is 2.55. The Morgan fingerprint density at radius 3 is 2.48 bits per heavy atom. The standard InChI is InChI=1S/C13H20ClN5O3S/c14-3-2-12(20)15-6-11-23(21,22)19-9-7-18(8-10-19)13-16-4-1-5-17-13/h1,4-5H,2-3,6-11H2,(H,15,20). The minimum atomic E-state index is -3.38. The van der Waals surface area contributed by atoms with Gasteiger partial charge in [-0.2, -0.15) is 4.31 Å². The number of aromatic nitrogens is 2. The van der Waals surface area contributed by atoms with Gasteiger partial charge in [-0.05, 0) is 6.07 Å². The largest absolute Gasteiger partial charge is 0.355 e. The molecule has 0 atom stereocenters. The van der Waals surface area contributed by atoms with E-state index in [0.29, 0.717) is 32.1 Å². The van der Waals surface area contributed by atoms with Gasteiger partial charge in [0.15, 0.2) is 0 Å². The first-order valence-corrected chi connectivity index (χ1v) is 9.50. The Labute approximate surface area is 140 Å². The molecule has 2 rings (SSSR count). The van der Waals surface area contributed by atoms with Crippen LogP contribution in [0.3, 0.4) is 0 Å². The number of nitrogens with one attached hydrogen (secondary N) is 1. The second-order valence-electron chi connectivity index (χ2n) is 5.04. The topological polar surface area (TPSA) is 95.5 Å². The molecule has 1 N–H and O–H groups in total. The summed E-state index contributed by atoms with van der Waals surface area (Å²) >= 11 is 5.45. The van der Waals surface area contributed by atoms with Crippen molar-refractivity contribution in [1.29, 1.82) is 0 Å². The highest BCUT2D eigenvalue weighted by Gasteiger charge is 2.27. The van der Waals surface area contributed by atoms with Crippen LogP contribution in [0.15, 0.2) is 18.5 Å². The van der Waals surface area contributed by atoms with Gasteiger partial charge in [0.05, 0.1) is 5.75 Å². The molecule has 1 aromatic heterocycles. The highest BCUT2D eigenvalue weighted by molar-refractivity contribution is 7.89. The van der Waals surface area contributed by atoms with Gasteiger partial charge in [0.1, 0.15) is 0 Å². The van der Waals surface area contributed by atoms with Crippen LogP contribution in [0.2, 0.25) is 0 Å². The maximum atomic E-state index is 12.3. The zero-order chi connectivity index (χ0) is 16.7. The van der Waals surface area contributed by atoms with Crippen LogP contribution >= 0.6 is 11.6 Å². The average Bonchev–Trinajstić information content (AvgIpc) is 2.56. The quantitative estimate of drug-likeness (QED) is 0.668. The summed E-state index contributed by atoms with van der Waals surface area (Å²) in [5.41, 5.74) is 0. The molecule has 0 unspecified atom stereocenters. The molecule has 1 saturated heterocycles. The Morgan fingerprint density at radius 2 is 1.87 bits per heavy atom. The number of piperazine rings is 1. The zero-order valence-corrected chi connectivity index (χ0v) is 14.3. The van der Waals surface area contributed by atoms with E-state index in [2.05, 4.69) is 15.3 Å². The van der Waals surface area contributed by atoms with Gasteiger partial charge in [0.2, 0.25) is 21.9 Å². The second kappa shape index (κ2) is 8.42.